The van der Waals surface area contributed by atoms with E-state index in [1.54, 1.807) is 0 Å². The van der Waals surface area contributed by atoms with Crippen molar-refractivity contribution in [3.8, 4) is 0 Å². The molecule has 0 unspecified atom stereocenters. The van der Waals surface area contributed by atoms with E-state index in [2.05, 4.69) is 5.16 Å². The minimum absolute atomic E-state index is 0.158. The first-order valence-corrected chi connectivity index (χ1v) is 7.86. The average Bonchev–Trinajstić information content (AvgIpc) is 2.56. The maximum atomic E-state index is 12.0. The first-order valence-electron chi connectivity index (χ1n) is 7.86. The van der Waals surface area contributed by atoms with Gasteiger partial charge in [0, 0.05) is 36.2 Å². The van der Waals surface area contributed by atoms with Gasteiger partial charge in [0.2, 0.25) is 5.69 Å². The molecule has 0 aliphatic carbocycles. The van der Waals surface area contributed by atoms with E-state index < -0.39 is 0 Å². The number of Topliss-reactive ketones (excluding diaryl/α,β-unsaturated/α-hetero) is 1. The Balaban J connectivity index is 1.90. The number of ether oxygens (including phenoxy) is 1. The molecular weight excluding hydrogens is 306 g/mol. The molecule has 0 amide bonds. The van der Waals surface area contributed by atoms with Gasteiger partial charge in [0.05, 0.1) is 0 Å². The summed E-state index contributed by atoms with van der Waals surface area (Å²) in [6.07, 6.45) is 7.42. The maximum absolute atomic E-state index is 12.0. The van der Waals surface area contributed by atoms with Gasteiger partial charge >= 0.3 is 0 Å². The molecule has 6 heteroatoms. The summed E-state index contributed by atoms with van der Waals surface area (Å²) in [4.78, 5) is 12.0. The normalized spacial score (nSPS) is 11.3. The Morgan fingerprint density at radius 3 is 2.62 bits per heavy atom. The third-order valence-electron chi connectivity index (χ3n) is 3.44. The summed E-state index contributed by atoms with van der Waals surface area (Å²) in [5.74, 6) is 0.513. The number of hydrogen-bond donors (Lipinski definition) is 1. The highest BCUT2D eigenvalue weighted by Gasteiger charge is 2.12. The van der Waals surface area contributed by atoms with Crippen molar-refractivity contribution in [3.63, 3.8) is 0 Å². The molecule has 0 bridgehead atoms. The van der Waals surface area contributed by atoms with Crippen molar-refractivity contribution in [1.29, 1.82) is 0 Å². The first-order chi connectivity index (χ1) is 11.6. The largest absolute Gasteiger partial charge is 0.411 e. The highest BCUT2D eigenvalue weighted by atomic mass is 16.5. The molecule has 126 valence electrons. The van der Waals surface area contributed by atoms with E-state index in [4.69, 9.17) is 9.94 Å². The summed E-state index contributed by atoms with van der Waals surface area (Å²) < 4.78 is 9.33. The number of aromatic nitrogens is 2. The standard InChI is InChI=1S/C18H22N3O3/c1-15(2)11-18(22)16-6-9-20(10-7-16)13-24-14-21-8-4-3-5-17(21)12-19-23/h3-10,12,15H,11,13-14H2,1-2H3/q+1/p+1. The van der Waals surface area contributed by atoms with E-state index in [9.17, 15) is 4.79 Å². The quantitative estimate of drug-likeness (QED) is 0.265. The van der Waals surface area contributed by atoms with Gasteiger partial charge in [-0.2, -0.15) is 9.13 Å². The molecule has 0 radical (unpaired) electrons. The van der Waals surface area contributed by atoms with Crippen LogP contribution in [-0.2, 0) is 18.2 Å². The summed E-state index contributed by atoms with van der Waals surface area (Å²) in [6, 6.07) is 9.18. The molecule has 0 aromatic carbocycles. The lowest BCUT2D eigenvalue weighted by molar-refractivity contribution is -0.788. The predicted molar refractivity (Wildman–Crippen MR) is 87.5 cm³/mol. The third kappa shape index (κ3) is 5.24. The predicted octanol–water partition coefficient (Wildman–Crippen LogP) is 1.93. The summed E-state index contributed by atoms with van der Waals surface area (Å²) in [5, 5.41) is 11.7. The van der Waals surface area contributed by atoms with Gasteiger partial charge in [0.15, 0.2) is 24.4 Å². The van der Waals surface area contributed by atoms with E-state index >= 15 is 0 Å². The van der Waals surface area contributed by atoms with Crippen molar-refractivity contribution in [2.24, 2.45) is 11.1 Å². The van der Waals surface area contributed by atoms with Gasteiger partial charge < -0.3 is 5.21 Å². The Labute approximate surface area is 141 Å². The molecule has 0 aliphatic rings. The second kappa shape index (κ2) is 8.88. The molecule has 24 heavy (non-hydrogen) atoms. The van der Waals surface area contributed by atoms with Gasteiger partial charge in [-0.05, 0) is 12.0 Å². The topological polar surface area (TPSA) is 66.7 Å². The van der Waals surface area contributed by atoms with E-state index in [1.807, 2.05) is 71.9 Å². The summed E-state index contributed by atoms with van der Waals surface area (Å²) in [5.41, 5.74) is 1.46. The average molecular weight is 329 g/mol. The van der Waals surface area contributed by atoms with Crippen LogP contribution in [0.15, 0.2) is 54.1 Å². The third-order valence-corrected chi connectivity index (χ3v) is 3.44. The van der Waals surface area contributed by atoms with Gasteiger partial charge in [-0.3, -0.25) is 9.53 Å². The number of oxime groups is 1. The molecule has 2 heterocycles. The van der Waals surface area contributed by atoms with Crippen LogP contribution in [0.1, 0.15) is 36.3 Å². The maximum Gasteiger partial charge on any atom is 0.258 e. The van der Waals surface area contributed by atoms with Crippen molar-refractivity contribution >= 4 is 12.0 Å². The number of ketones is 1. The van der Waals surface area contributed by atoms with Gasteiger partial charge in [-0.1, -0.05) is 19.0 Å². The first kappa shape index (κ1) is 17.7. The zero-order valence-electron chi connectivity index (χ0n) is 14.0. The van der Waals surface area contributed by atoms with Crippen LogP contribution in [0.25, 0.3) is 0 Å². The fourth-order valence-corrected chi connectivity index (χ4v) is 2.25. The highest BCUT2D eigenvalue weighted by Crippen LogP contribution is 2.07. The zero-order chi connectivity index (χ0) is 17.4. The van der Waals surface area contributed by atoms with E-state index in [0.29, 0.717) is 25.8 Å². The highest BCUT2D eigenvalue weighted by molar-refractivity contribution is 5.95. The van der Waals surface area contributed by atoms with Crippen molar-refractivity contribution in [2.75, 3.05) is 0 Å². The molecular formula is C18H23N3O3+2. The van der Waals surface area contributed by atoms with Gasteiger partial charge in [0.1, 0.15) is 6.21 Å². The monoisotopic (exact) mass is 329 g/mol. The molecule has 0 saturated heterocycles. The molecule has 2 aromatic rings. The number of pyridine rings is 2. The lowest BCUT2D eigenvalue weighted by atomic mass is 10.0. The van der Waals surface area contributed by atoms with Crippen LogP contribution < -0.4 is 9.13 Å². The van der Waals surface area contributed by atoms with Gasteiger partial charge in [-0.25, -0.2) is 0 Å². The summed E-state index contributed by atoms with van der Waals surface area (Å²) in [7, 11) is 0. The molecule has 2 aromatic heterocycles. The molecule has 6 nitrogen and oxygen atoms in total. The van der Waals surface area contributed by atoms with Crippen molar-refractivity contribution in [1.82, 2.24) is 0 Å². The summed E-state index contributed by atoms with van der Waals surface area (Å²) in [6.45, 7) is 4.75. The second-order valence-electron chi connectivity index (χ2n) is 5.92. The van der Waals surface area contributed by atoms with Crippen LogP contribution in [0.4, 0.5) is 0 Å². The van der Waals surface area contributed by atoms with Crippen LogP contribution in [0, 0.1) is 5.92 Å². The molecule has 1 N–H and O–H groups in total. The Kier molecular flexibility index (Phi) is 6.57. The molecule has 0 atom stereocenters. The molecule has 2 rings (SSSR count). The van der Waals surface area contributed by atoms with Crippen LogP contribution in [-0.4, -0.2) is 17.2 Å². The fraction of sp³-hybridized carbons (Fsp3) is 0.333. The number of nitrogens with zero attached hydrogens (tertiary/aromatic N) is 3. The van der Waals surface area contributed by atoms with Crippen molar-refractivity contribution < 1.29 is 23.9 Å². The Morgan fingerprint density at radius 1 is 1.21 bits per heavy atom. The lowest BCUT2D eigenvalue weighted by Crippen LogP contribution is -2.42. The molecule has 0 saturated carbocycles. The number of hydrogen-bond acceptors (Lipinski definition) is 4. The Hall–Kier alpha value is -2.60. The minimum atomic E-state index is 0.158. The van der Waals surface area contributed by atoms with Crippen molar-refractivity contribution in [2.45, 2.75) is 33.7 Å². The van der Waals surface area contributed by atoms with Crippen LogP contribution in [0.5, 0.6) is 0 Å². The Morgan fingerprint density at radius 2 is 1.96 bits per heavy atom. The van der Waals surface area contributed by atoms with Crippen LogP contribution in [0.3, 0.4) is 0 Å². The number of carbonyl (C=O) groups is 1. The number of rotatable bonds is 8. The van der Waals surface area contributed by atoms with E-state index in [0.717, 1.165) is 11.3 Å². The zero-order valence-corrected chi connectivity index (χ0v) is 14.0. The van der Waals surface area contributed by atoms with Crippen LogP contribution in [0.2, 0.25) is 0 Å². The minimum Gasteiger partial charge on any atom is -0.411 e. The molecule has 0 spiro atoms. The fourth-order valence-electron chi connectivity index (χ4n) is 2.25. The van der Waals surface area contributed by atoms with E-state index in [-0.39, 0.29) is 5.78 Å². The smallest absolute Gasteiger partial charge is 0.258 e. The van der Waals surface area contributed by atoms with E-state index in [1.165, 1.54) is 6.21 Å². The SMILES string of the molecule is CC(C)CC(=O)c1cc[n+](COC[n+]2ccccc2C=NO)cc1. The summed E-state index contributed by atoms with van der Waals surface area (Å²) >= 11 is 0. The van der Waals surface area contributed by atoms with Gasteiger partial charge in [0.25, 0.3) is 13.5 Å². The molecule has 0 fully saturated rings. The lowest BCUT2D eigenvalue weighted by Gasteiger charge is -2.03. The number of carbonyl (C=O) groups excluding carboxylic acids is 1. The second-order valence-corrected chi connectivity index (χ2v) is 5.92. The molecule has 0 aliphatic heterocycles. The Bertz CT molecular complexity index is 697. The van der Waals surface area contributed by atoms with Crippen LogP contribution >= 0.6 is 0 Å². The van der Waals surface area contributed by atoms with Gasteiger partial charge in [-0.15, -0.1) is 0 Å². The van der Waals surface area contributed by atoms with Crippen molar-refractivity contribution in [3.05, 3.63) is 60.2 Å².